The summed E-state index contributed by atoms with van der Waals surface area (Å²) in [6.07, 6.45) is 6.67. The zero-order chi connectivity index (χ0) is 27.6. The van der Waals surface area contributed by atoms with Crippen molar-refractivity contribution in [1.29, 1.82) is 0 Å². The van der Waals surface area contributed by atoms with E-state index in [2.05, 4.69) is 48.8 Å². The van der Waals surface area contributed by atoms with Gasteiger partial charge in [0.2, 0.25) is 0 Å². The van der Waals surface area contributed by atoms with E-state index in [9.17, 15) is 14.4 Å². The molecule has 18 heteroatoms. The number of hydrogen-bond acceptors (Lipinski definition) is 14. The van der Waals surface area contributed by atoms with Crippen LogP contribution in [0.2, 0.25) is 0 Å². The molecule has 3 rings (SSSR count). The Hall–Kier alpha value is -5.29. The maximum Gasteiger partial charge on any atom is 0.360 e. The summed E-state index contributed by atoms with van der Waals surface area (Å²) < 4.78 is 9.29. The third-order valence-corrected chi connectivity index (χ3v) is 3.27. The van der Waals surface area contributed by atoms with Crippen molar-refractivity contribution in [3.05, 3.63) is 61.0 Å². The average Bonchev–Trinajstić information content (AvgIpc) is 3.63. The number of carbonyl (C=O) groups is 3. The lowest BCUT2D eigenvalue weighted by Crippen LogP contribution is -2.11. The summed E-state index contributed by atoms with van der Waals surface area (Å²) in [5, 5.41) is 37.3. The first-order valence-corrected chi connectivity index (χ1v) is 10.3. The number of aromatic carboxylic acids is 1. The lowest BCUT2D eigenvalue weighted by Gasteiger charge is -1.97. The summed E-state index contributed by atoms with van der Waals surface area (Å²) in [5.41, 5.74) is -0.0377. The van der Waals surface area contributed by atoms with Gasteiger partial charge in [-0.2, -0.15) is 0 Å². The normalized spacial score (nSPS) is 9.46. The Morgan fingerprint density at radius 2 is 1.24 bits per heavy atom. The zero-order valence-electron chi connectivity index (χ0n) is 19.9. The molecule has 0 radical (unpaired) electrons. The molecule has 0 saturated heterocycles. The van der Waals surface area contributed by atoms with Crippen molar-refractivity contribution in [3.8, 4) is 0 Å². The molecular formula is C19H25N9O9. The van der Waals surface area contributed by atoms with Crippen molar-refractivity contribution in [2.24, 2.45) is 0 Å². The summed E-state index contributed by atoms with van der Waals surface area (Å²) in [4.78, 5) is 44.6. The molecule has 0 aliphatic rings. The van der Waals surface area contributed by atoms with Crippen LogP contribution in [0.1, 0.15) is 45.3 Å². The first-order valence-electron chi connectivity index (χ1n) is 10.3. The molecule has 3 aromatic rings. The molecule has 200 valence electrons. The van der Waals surface area contributed by atoms with Gasteiger partial charge in [-0.05, 0) is 29.5 Å². The third-order valence-electron chi connectivity index (χ3n) is 3.27. The number of nitrogens with zero attached hydrogens (tertiary/aromatic N) is 9. The van der Waals surface area contributed by atoms with Gasteiger partial charge in [-0.25, -0.2) is 14.4 Å². The van der Waals surface area contributed by atoms with Crippen LogP contribution < -0.4 is 9.68 Å². The summed E-state index contributed by atoms with van der Waals surface area (Å²) in [6.45, 7) is 11.4. The molecule has 18 nitrogen and oxygen atoms in total. The van der Waals surface area contributed by atoms with Crippen LogP contribution in [0.25, 0.3) is 0 Å². The van der Waals surface area contributed by atoms with Crippen molar-refractivity contribution in [2.45, 2.75) is 13.8 Å². The fourth-order valence-electron chi connectivity index (χ4n) is 1.83. The molecule has 0 atom stereocenters. The monoisotopic (exact) mass is 523 g/mol. The van der Waals surface area contributed by atoms with Gasteiger partial charge >= 0.3 is 17.9 Å². The van der Waals surface area contributed by atoms with Crippen LogP contribution in [0.3, 0.4) is 0 Å². The Morgan fingerprint density at radius 1 is 0.811 bits per heavy atom. The van der Waals surface area contributed by atoms with Gasteiger partial charge in [-0.1, -0.05) is 39.8 Å². The number of rotatable bonds is 11. The van der Waals surface area contributed by atoms with Gasteiger partial charge in [-0.3, -0.25) is 0 Å². The highest BCUT2D eigenvalue weighted by molar-refractivity contribution is 5.87. The molecule has 0 fully saturated rings. The highest BCUT2D eigenvalue weighted by Gasteiger charge is 2.12. The van der Waals surface area contributed by atoms with E-state index in [-0.39, 0.29) is 30.3 Å². The first kappa shape index (κ1) is 29.7. The molecule has 37 heavy (non-hydrogen) atoms. The van der Waals surface area contributed by atoms with Crippen molar-refractivity contribution in [1.82, 2.24) is 45.5 Å². The lowest BCUT2D eigenvalue weighted by atomic mass is 10.5. The minimum absolute atomic E-state index is 0.00523. The van der Waals surface area contributed by atoms with Crippen LogP contribution in [0, 0.1) is 0 Å². The van der Waals surface area contributed by atoms with Gasteiger partial charge in [0.1, 0.15) is 31.8 Å². The van der Waals surface area contributed by atoms with Crippen LogP contribution in [0.15, 0.2) is 43.9 Å². The molecule has 0 aliphatic heterocycles. The summed E-state index contributed by atoms with van der Waals surface area (Å²) in [5.74, 6) is -2.24. The van der Waals surface area contributed by atoms with Crippen LogP contribution in [0.4, 0.5) is 0 Å². The van der Waals surface area contributed by atoms with Gasteiger partial charge in [-0.15, -0.1) is 15.3 Å². The predicted molar refractivity (Wildman–Crippen MR) is 119 cm³/mol. The highest BCUT2D eigenvalue weighted by atomic mass is 16.7. The van der Waals surface area contributed by atoms with Crippen LogP contribution in [-0.4, -0.2) is 100 Å². The molecule has 3 aromatic heterocycles. The van der Waals surface area contributed by atoms with E-state index < -0.39 is 17.9 Å². The van der Waals surface area contributed by atoms with Crippen LogP contribution in [-0.2, 0) is 9.47 Å². The topological polar surface area (TPSA) is 221 Å². The first-order chi connectivity index (χ1) is 17.7. The Kier molecular flexibility index (Phi) is 13.1. The minimum atomic E-state index is -1.14. The van der Waals surface area contributed by atoms with Gasteiger partial charge in [0.05, 0.1) is 13.2 Å². The Labute approximate surface area is 209 Å². The molecular weight excluding hydrogens is 498 g/mol. The average molecular weight is 523 g/mol. The fourth-order valence-corrected chi connectivity index (χ4v) is 1.83. The predicted octanol–water partition coefficient (Wildman–Crippen LogP) is -0.648. The standard InChI is InChI=1S/C8H11N3O3.C6H7N3O3.C5H7N3O3/c1-3-5-14-11-6-7(9-10-11)8(12)13-4-2;1-2-3-12-9-4-5(6(10)11)7-8-9;1-2-11-5(9)4-3-8(10)7-6-4/h3,6H,1,4-5H2,2H3;2,4H,1,3H2,(H,10,11);3,10H,2H2,1H3. The number of aromatic nitrogens is 9. The quantitative estimate of drug-likeness (QED) is 0.181. The maximum atomic E-state index is 11.1. The number of hydrogen-bond donors (Lipinski definition) is 2. The van der Waals surface area contributed by atoms with E-state index in [1.54, 1.807) is 19.9 Å². The number of esters is 2. The molecule has 0 aromatic carbocycles. The van der Waals surface area contributed by atoms with Gasteiger partial charge < -0.3 is 29.5 Å². The second-order valence-corrected chi connectivity index (χ2v) is 5.95. The third kappa shape index (κ3) is 11.1. The number of ether oxygens (including phenoxy) is 2. The zero-order valence-corrected chi connectivity index (χ0v) is 19.9. The van der Waals surface area contributed by atoms with E-state index in [0.29, 0.717) is 18.1 Å². The molecule has 0 amide bonds. The molecule has 0 bridgehead atoms. The van der Waals surface area contributed by atoms with E-state index in [0.717, 1.165) is 15.9 Å². The van der Waals surface area contributed by atoms with Gasteiger partial charge in [0, 0.05) is 0 Å². The van der Waals surface area contributed by atoms with E-state index >= 15 is 0 Å². The minimum Gasteiger partial charge on any atom is -0.476 e. The molecule has 0 unspecified atom stereocenters. The molecule has 2 N–H and O–H groups in total. The maximum absolute atomic E-state index is 11.1. The van der Waals surface area contributed by atoms with Crippen molar-refractivity contribution in [2.75, 3.05) is 26.4 Å². The SMILES string of the molecule is C=CCOn1cc(C(=O)O)nn1.C=CCOn1cc(C(=O)OCC)nn1.CCOC(=O)c1cn(O)nn1. The molecule has 0 saturated carbocycles. The van der Waals surface area contributed by atoms with Crippen LogP contribution >= 0.6 is 0 Å². The number of carboxylic acids is 1. The van der Waals surface area contributed by atoms with Crippen molar-refractivity contribution < 1.29 is 43.8 Å². The highest BCUT2D eigenvalue weighted by Crippen LogP contribution is 1.95. The van der Waals surface area contributed by atoms with E-state index in [4.69, 9.17) is 24.7 Å². The Bertz CT molecular complexity index is 1160. The van der Waals surface area contributed by atoms with Gasteiger partial charge in [0.15, 0.2) is 17.1 Å². The van der Waals surface area contributed by atoms with E-state index in [1.807, 2.05) is 0 Å². The summed E-state index contributed by atoms with van der Waals surface area (Å²) >= 11 is 0. The summed E-state index contributed by atoms with van der Waals surface area (Å²) in [7, 11) is 0. The van der Waals surface area contributed by atoms with Crippen LogP contribution in [0.5, 0.6) is 0 Å². The fraction of sp³-hybridized carbons (Fsp3) is 0.316. The van der Waals surface area contributed by atoms with Crippen molar-refractivity contribution >= 4 is 17.9 Å². The second-order valence-electron chi connectivity index (χ2n) is 5.95. The lowest BCUT2D eigenvalue weighted by molar-refractivity contribution is 0.0509. The second kappa shape index (κ2) is 16.4. The van der Waals surface area contributed by atoms with E-state index in [1.165, 1.54) is 18.5 Å². The van der Waals surface area contributed by atoms with Crippen molar-refractivity contribution in [3.63, 3.8) is 0 Å². The molecule has 0 spiro atoms. The Morgan fingerprint density at radius 3 is 1.62 bits per heavy atom. The largest absolute Gasteiger partial charge is 0.476 e. The smallest absolute Gasteiger partial charge is 0.360 e. The van der Waals surface area contributed by atoms with Gasteiger partial charge in [0.25, 0.3) is 0 Å². The summed E-state index contributed by atoms with van der Waals surface area (Å²) in [6, 6.07) is 0. The molecule has 3 heterocycles. The number of carboxylic acid groups (broad SMARTS) is 1. The Balaban J connectivity index is 0.000000280. The number of carbonyl (C=O) groups excluding carboxylic acids is 2. The molecule has 0 aliphatic carbocycles.